The van der Waals surface area contributed by atoms with Gasteiger partial charge in [0.1, 0.15) is 30.0 Å². The molecule has 14 nitrogen and oxygen atoms in total. The van der Waals surface area contributed by atoms with Crippen LogP contribution >= 0.6 is 0 Å². The van der Waals surface area contributed by atoms with E-state index in [-0.39, 0.29) is 0 Å². The second-order valence-corrected chi connectivity index (χ2v) is 8.45. The Balaban J connectivity index is 2.02. The minimum absolute atomic E-state index is 0.458. The normalized spacial score (nSPS) is 24.4. The van der Waals surface area contributed by atoms with Crippen molar-refractivity contribution in [3.63, 3.8) is 0 Å². The lowest BCUT2D eigenvalue weighted by Gasteiger charge is -2.45. The molecule has 0 bridgehead atoms. The molecule has 1 fully saturated rings. The summed E-state index contributed by atoms with van der Waals surface area (Å²) in [5, 5.41) is 109. The maximum atomic E-state index is 12.9. The van der Waals surface area contributed by atoms with Crippen LogP contribution in [0.2, 0.25) is 0 Å². The van der Waals surface area contributed by atoms with E-state index in [1.54, 1.807) is 0 Å². The lowest BCUT2D eigenvalue weighted by atomic mass is 9.78. The number of phenols is 6. The van der Waals surface area contributed by atoms with Gasteiger partial charge in [-0.25, -0.2) is 0 Å². The summed E-state index contributed by atoms with van der Waals surface area (Å²) >= 11 is 0. The van der Waals surface area contributed by atoms with Crippen molar-refractivity contribution in [2.24, 2.45) is 0 Å². The predicted molar refractivity (Wildman–Crippen MR) is 115 cm³/mol. The molecule has 196 valence electrons. The van der Waals surface area contributed by atoms with E-state index in [0.29, 0.717) is 0 Å². The number of hydrogen-bond acceptors (Lipinski definition) is 14. The molecule has 0 radical (unpaired) electrons. The van der Waals surface area contributed by atoms with Crippen LogP contribution in [0.5, 0.6) is 34.5 Å². The topological polar surface area (TPSA) is 266 Å². The average molecular weight is 512 g/mol. The van der Waals surface area contributed by atoms with Crippen LogP contribution in [-0.2, 0) is 4.74 Å². The van der Waals surface area contributed by atoms with Crippen molar-refractivity contribution in [2.75, 3.05) is 0 Å². The molecule has 0 amide bonds. The number of rotatable bonds is 7. The zero-order valence-electron chi connectivity index (χ0n) is 18.3. The number of ketones is 2. The maximum Gasteiger partial charge on any atom is 0.200 e. The Morgan fingerprint density at radius 1 is 0.667 bits per heavy atom. The van der Waals surface area contributed by atoms with Gasteiger partial charge in [0.25, 0.3) is 0 Å². The Morgan fingerprint density at radius 2 is 1.03 bits per heavy atom. The number of phenolic OH excluding ortho intramolecular Hbond substituents is 6. The quantitative estimate of drug-likeness (QED) is 0.146. The number of carbonyl (C=O) groups is 2. The highest BCUT2D eigenvalue weighted by Gasteiger charge is 2.53. The van der Waals surface area contributed by atoms with Gasteiger partial charge < -0.3 is 60.9 Å². The Kier molecular flexibility index (Phi) is 7.31. The third kappa shape index (κ3) is 4.99. The Morgan fingerprint density at radius 3 is 1.39 bits per heavy atom. The number of aliphatic hydroxyl groups excluding tert-OH is 4. The van der Waals surface area contributed by atoms with Crippen LogP contribution in [0.1, 0.15) is 33.6 Å². The Labute approximate surface area is 201 Å². The summed E-state index contributed by atoms with van der Waals surface area (Å²) in [6, 6.07) is 2.95. The smallest absolute Gasteiger partial charge is 0.200 e. The van der Waals surface area contributed by atoms with Gasteiger partial charge in [-0.15, -0.1) is 0 Å². The van der Waals surface area contributed by atoms with Crippen LogP contribution < -0.4 is 0 Å². The van der Waals surface area contributed by atoms with E-state index < -0.39 is 106 Å². The second-order valence-electron chi connectivity index (χ2n) is 8.45. The number of benzene rings is 2. The summed E-state index contributed by atoms with van der Waals surface area (Å²) in [7, 11) is 0. The van der Waals surface area contributed by atoms with Gasteiger partial charge in [0.05, 0.1) is 0 Å². The highest BCUT2D eigenvalue weighted by Crippen LogP contribution is 2.40. The molecule has 2 aromatic carbocycles. The molecular formula is C22H24O14. The van der Waals surface area contributed by atoms with Crippen molar-refractivity contribution in [3.05, 3.63) is 35.4 Å². The summed E-state index contributed by atoms with van der Waals surface area (Å²) in [4.78, 5) is 25.8. The molecule has 14 heteroatoms. The summed E-state index contributed by atoms with van der Waals surface area (Å²) in [6.45, 7) is 0. The van der Waals surface area contributed by atoms with Gasteiger partial charge in [-0.3, -0.25) is 9.59 Å². The minimum Gasteiger partial charge on any atom is -0.504 e. The number of hydrogen-bond donors (Lipinski definition) is 11. The third-order valence-corrected chi connectivity index (χ3v) is 5.83. The molecule has 1 aliphatic heterocycles. The van der Waals surface area contributed by atoms with Crippen molar-refractivity contribution in [3.8, 4) is 34.5 Å². The highest BCUT2D eigenvalue weighted by molar-refractivity contribution is 6.01. The lowest BCUT2D eigenvalue weighted by molar-refractivity contribution is -0.311. The molecule has 0 saturated carbocycles. The average Bonchev–Trinajstić information content (AvgIpc) is 2.80. The number of Topliss-reactive ketones (excluding diaryl/α,β-unsaturated/α-hetero) is 2. The Hall–Kier alpha value is -3.66. The fourth-order valence-corrected chi connectivity index (χ4v) is 3.86. The highest BCUT2D eigenvalue weighted by atomic mass is 16.6. The van der Waals surface area contributed by atoms with E-state index in [2.05, 4.69) is 0 Å². The largest absolute Gasteiger partial charge is 0.504 e. The van der Waals surface area contributed by atoms with E-state index in [1.165, 1.54) is 0 Å². The molecule has 1 heterocycles. The second kappa shape index (κ2) is 9.77. The molecular weight excluding hydrogens is 488 g/mol. The molecule has 1 saturated heterocycles. The standard InChI is InChI=1S/C22H24O14/c23-9-1-7(2-10(24)15(9)29)13(27)5-22(35,20-18(32)17(31)19(33)21(34)36-20)6-14(28)8-3-11(25)16(30)12(26)4-8/h1-4,17-21,23-26,29-35H,5-6H2/t17-,18-,19+,20-,21+/m0/s1. The maximum absolute atomic E-state index is 12.9. The zero-order valence-corrected chi connectivity index (χ0v) is 18.3. The molecule has 36 heavy (non-hydrogen) atoms. The molecule has 0 spiro atoms. The summed E-state index contributed by atoms with van der Waals surface area (Å²) in [5.41, 5.74) is -3.66. The van der Waals surface area contributed by atoms with E-state index in [0.717, 1.165) is 24.3 Å². The van der Waals surface area contributed by atoms with Crippen LogP contribution in [0, 0.1) is 0 Å². The van der Waals surface area contributed by atoms with Crippen LogP contribution in [0.4, 0.5) is 0 Å². The molecule has 0 aromatic heterocycles. The fourth-order valence-electron chi connectivity index (χ4n) is 3.86. The number of carbonyl (C=O) groups excluding carboxylic acids is 2. The molecule has 11 N–H and O–H groups in total. The van der Waals surface area contributed by atoms with Gasteiger partial charge in [0.15, 0.2) is 52.4 Å². The number of aromatic hydroxyl groups is 6. The van der Waals surface area contributed by atoms with E-state index >= 15 is 0 Å². The first-order valence-corrected chi connectivity index (χ1v) is 10.3. The van der Waals surface area contributed by atoms with Gasteiger partial charge in [0, 0.05) is 24.0 Å². The monoisotopic (exact) mass is 512 g/mol. The van der Waals surface area contributed by atoms with Crippen LogP contribution in [0.25, 0.3) is 0 Å². The SMILES string of the molecule is O=C(CC(O)(CC(=O)c1cc(O)c(O)c(O)c1)[C@H]1O[C@@H](O)[C@H](O)[C@@H](O)[C@@H]1O)c1cc(O)c(O)c(O)c1. The molecule has 5 atom stereocenters. The van der Waals surface area contributed by atoms with Crippen LogP contribution in [-0.4, -0.2) is 104 Å². The van der Waals surface area contributed by atoms with Gasteiger partial charge in [0.2, 0.25) is 0 Å². The summed E-state index contributed by atoms with van der Waals surface area (Å²) in [5.74, 6) is -7.58. The lowest BCUT2D eigenvalue weighted by Crippen LogP contribution is -2.65. The molecule has 0 unspecified atom stereocenters. The van der Waals surface area contributed by atoms with Gasteiger partial charge in [-0.2, -0.15) is 0 Å². The van der Waals surface area contributed by atoms with Crippen molar-refractivity contribution < 1.29 is 70.5 Å². The third-order valence-electron chi connectivity index (χ3n) is 5.83. The first-order valence-electron chi connectivity index (χ1n) is 10.3. The summed E-state index contributed by atoms with van der Waals surface area (Å²) in [6.07, 6.45) is -12.7. The van der Waals surface area contributed by atoms with Crippen molar-refractivity contribution in [1.82, 2.24) is 0 Å². The van der Waals surface area contributed by atoms with Crippen molar-refractivity contribution in [2.45, 2.75) is 49.1 Å². The zero-order chi connectivity index (χ0) is 27.1. The fraction of sp³-hybridized carbons (Fsp3) is 0.364. The van der Waals surface area contributed by atoms with E-state index in [1.807, 2.05) is 0 Å². The minimum atomic E-state index is -2.75. The molecule has 1 aliphatic rings. The number of aliphatic hydroxyl groups is 5. The van der Waals surface area contributed by atoms with Gasteiger partial charge in [-0.1, -0.05) is 0 Å². The van der Waals surface area contributed by atoms with E-state index in [4.69, 9.17) is 4.74 Å². The van der Waals surface area contributed by atoms with Crippen molar-refractivity contribution in [1.29, 1.82) is 0 Å². The number of ether oxygens (including phenoxy) is 1. The molecule has 3 rings (SSSR count). The predicted octanol–water partition coefficient (Wildman–Crippen LogP) is -1.70. The van der Waals surface area contributed by atoms with E-state index in [9.17, 15) is 65.8 Å². The first kappa shape index (κ1) is 26.9. The van der Waals surface area contributed by atoms with Crippen LogP contribution in [0.3, 0.4) is 0 Å². The Bertz CT molecular complexity index is 1060. The molecule has 2 aromatic rings. The van der Waals surface area contributed by atoms with Gasteiger partial charge >= 0.3 is 0 Å². The first-order chi connectivity index (χ1) is 16.7. The van der Waals surface area contributed by atoms with Crippen molar-refractivity contribution >= 4 is 11.6 Å². The van der Waals surface area contributed by atoms with Crippen LogP contribution in [0.15, 0.2) is 24.3 Å². The summed E-state index contributed by atoms with van der Waals surface area (Å²) < 4.78 is 5.02. The molecule has 0 aliphatic carbocycles. The van der Waals surface area contributed by atoms with Gasteiger partial charge in [-0.05, 0) is 24.3 Å².